The molecule has 0 saturated heterocycles. The number of benzene rings is 2. The maximum atomic E-state index is 12.7. The van der Waals surface area contributed by atoms with Gasteiger partial charge in [0.2, 0.25) is 0 Å². The monoisotopic (exact) mass is 483 g/mol. The van der Waals surface area contributed by atoms with E-state index in [0.29, 0.717) is 31.1 Å². The Morgan fingerprint density at radius 2 is 1.90 bits per heavy atom. The SMILES string of the molecule is C#CCOC(C(=O)NCCc1ccc(OCC#CCC)c(OC)c1)c1ccc(Br)cc1. The fourth-order valence-electron chi connectivity index (χ4n) is 2.79. The van der Waals surface area contributed by atoms with Crippen molar-refractivity contribution in [1.29, 1.82) is 0 Å². The number of terminal acetylenes is 1. The highest BCUT2D eigenvalue weighted by atomic mass is 79.9. The molecular formula is C25H26BrNO4. The van der Waals surface area contributed by atoms with Gasteiger partial charge in [-0.1, -0.05) is 52.9 Å². The molecule has 0 saturated carbocycles. The Hall–Kier alpha value is -2.93. The number of carbonyl (C=O) groups excluding carboxylic acids is 1. The maximum Gasteiger partial charge on any atom is 0.253 e. The van der Waals surface area contributed by atoms with Crippen LogP contribution in [0.1, 0.15) is 30.6 Å². The quantitative estimate of drug-likeness (QED) is 0.511. The lowest BCUT2D eigenvalue weighted by atomic mass is 10.1. The third kappa shape index (κ3) is 8.02. The number of rotatable bonds is 10. The van der Waals surface area contributed by atoms with Gasteiger partial charge in [-0.25, -0.2) is 0 Å². The zero-order valence-corrected chi connectivity index (χ0v) is 19.3. The first-order valence-electron chi connectivity index (χ1n) is 9.92. The molecular weight excluding hydrogens is 458 g/mol. The third-order valence-electron chi connectivity index (χ3n) is 4.29. The molecule has 0 aromatic heterocycles. The van der Waals surface area contributed by atoms with Crippen molar-refractivity contribution < 1.29 is 19.0 Å². The summed E-state index contributed by atoms with van der Waals surface area (Å²) in [6.07, 6.45) is 5.95. The topological polar surface area (TPSA) is 56.8 Å². The molecule has 0 aliphatic rings. The van der Waals surface area contributed by atoms with Gasteiger partial charge in [-0.2, -0.15) is 0 Å². The molecule has 0 aliphatic carbocycles. The lowest BCUT2D eigenvalue weighted by molar-refractivity contribution is -0.132. The van der Waals surface area contributed by atoms with Crippen LogP contribution in [0.2, 0.25) is 0 Å². The predicted octanol–water partition coefficient (Wildman–Crippen LogP) is 4.30. The molecule has 0 radical (unpaired) electrons. The van der Waals surface area contributed by atoms with Gasteiger partial charge in [0.05, 0.1) is 7.11 Å². The van der Waals surface area contributed by atoms with Crippen LogP contribution in [-0.2, 0) is 16.0 Å². The standard InChI is InChI=1S/C25H26BrNO4/c1-4-6-7-17-30-22-13-8-19(18-23(22)29-3)14-15-27-25(28)24(31-16-5-2)20-9-11-21(26)12-10-20/h2,8-13,18,24H,4,14-17H2,1,3H3,(H,27,28). The van der Waals surface area contributed by atoms with Crippen LogP contribution in [0.3, 0.4) is 0 Å². The van der Waals surface area contributed by atoms with Crippen molar-refractivity contribution in [2.45, 2.75) is 25.9 Å². The van der Waals surface area contributed by atoms with Crippen molar-refractivity contribution in [2.75, 3.05) is 26.9 Å². The Bertz CT molecular complexity index is 954. The van der Waals surface area contributed by atoms with E-state index in [-0.39, 0.29) is 12.5 Å². The molecule has 2 rings (SSSR count). The number of carbonyl (C=O) groups is 1. The Morgan fingerprint density at radius 3 is 2.58 bits per heavy atom. The van der Waals surface area contributed by atoms with E-state index in [1.807, 2.05) is 49.4 Å². The molecule has 162 valence electrons. The highest BCUT2D eigenvalue weighted by molar-refractivity contribution is 9.10. The fraction of sp³-hybridized carbons (Fsp3) is 0.320. The predicted molar refractivity (Wildman–Crippen MR) is 125 cm³/mol. The zero-order chi connectivity index (χ0) is 22.5. The summed E-state index contributed by atoms with van der Waals surface area (Å²) in [6, 6.07) is 13.1. The minimum atomic E-state index is -0.765. The number of ether oxygens (including phenoxy) is 3. The first-order chi connectivity index (χ1) is 15.1. The second-order valence-electron chi connectivity index (χ2n) is 6.47. The largest absolute Gasteiger partial charge is 0.493 e. The number of nitrogens with one attached hydrogen (secondary N) is 1. The van der Waals surface area contributed by atoms with E-state index in [1.165, 1.54) is 0 Å². The van der Waals surface area contributed by atoms with E-state index in [9.17, 15) is 4.79 Å². The molecule has 1 N–H and O–H groups in total. The lowest BCUT2D eigenvalue weighted by Crippen LogP contribution is -2.32. The highest BCUT2D eigenvalue weighted by Crippen LogP contribution is 2.28. The second kappa shape index (κ2) is 13.4. The summed E-state index contributed by atoms with van der Waals surface area (Å²) < 4.78 is 17.6. The Balaban J connectivity index is 1.96. The van der Waals surface area contributed by atoms with Crippen LogP contribution in [-0.4, -0.2) is 32.8 Å². The van der Waals surface area contributed by atoms with Crippen LogP contribution in [0, 0.1) is 24.2 Å². The molecule has 1 atom stereocenters. The maximum absolute atomic E-state index is 12.7. The number of halogens is 1. The molecule has 6 heteroatoms. The van der Waals surface area contributed by atoms with Gasteiger partial charge in [0.25, 0.3) is 5.91 Å². The summed E-state index contributed by atoms with van der Waals surface area (Å²) in [7, 11) is 1.59. The summed E-state index contributed by atoms with van der Waals surface area (Å²) in [4.78, 5) is 12.7. The summed E-state index contributed by atoms with van der Waals surface area (Å²) in [5.41, 5.74) is 1.75. The molecule has 2 aromatic carbocycles. The summed E-state index contributed by atoms with van der Waals surface area (Å²) in [5.74, 6) is 9.34. The number of hydrogen-bond acceptors (Lipinski definition) is 4. The van der Waals surface area contributed by atoms with E-state index >= 15 is 0 Å². The molecule has 1 amide bonds. The molecule has 1 unspecified atom stereocenters. The normalized spacial score (nSPS) is 10.9. The number of hydrogen-bond donors (Lipinski definition) is 1. The van der Waals surface area contributed by atoms with Crippen molar-refractivity contribution in [2.24, 2.45) is 0 Å². The van der Waals surface area contributed by atoms with Gasteiger partial charge in [0.15, 0.2) is 17.6 Å². The molecule has 2 aromatic rings. The van der Waals surface area contributed by atoms with Gasteiger partial charge >= 0.3 is 0 Å². The summed E-state index contributed by atoms with van der Waals surface area (Å²) in [5, 5.41) is 2.92. The highest BCUT2D eigenvalue weighted by Gasteiger charge is 2.21. The average molecular weight is 484 g/mol. The molecule has 0 aliphatic heterocycles. The summed E-state index contributed by atoms with van der Waals surface area (Å²) in [6.45, 7) is 2.80. The second-order valence-corrected chi connectivity index (χ2v) is 7.38. The van der Waals surface area contributed by atoms with Crippen LogP contribution in [0.5, 0.6) is 11.5 Å². The molecule has 0 heterocycles. The molecule has 0 fully saturated rings. The van der Waals surface area contributed by atoms with E-state index < -0.39 is 6.10 Å². The first-order valence-corrected chi connectivity index (χ1v) is 10.7. The van der Waals surface area contributed by atoms with Gasteiger partial charge in [-0.3, -0.25) is 4.79 Å². The van der Waals surface area contributed by atoms with Crippen molar-refractivity contribution >= 4 is 21.8 Å². The van der Waals surface area contributed by atoms with Crippen molar-refractivity contribution in [3.63, 3.8) is 0 Å². The zero-order valence-electron chi connectivity index (χ0n) is 17.7. The van der Waals surface area contributed by atoms with Crippen LogP contribution in [0.15, 0.2) is 46.9 Å². The van der Waals surface area contributed by atoms with Crippen LogP contribution in [0.25, 0.3) is 0 Å². The third-order valence-corrected chi connectivity index (χ3v) is 4.82. The summed E-state index contributed by atoms with van der Waals surface area (Å²) >= 11 is 3.39. The van der Waals surface area contributed by atoms with Gasteiger partial charge in [-0.15, -0.1) is 12.3 Å². The Morgan fingerprint density at radius 1 is 1.13 bits per heavy atom. The molecule has 31 heavy (non-hydrogen) atoms. The minimum Gasteiger partial charge on any atom is -0.493 e. The first kappa shape index (κ1) is 24.3. The molecule has 0 spiro atoms. The van der Waals surface area contributed by atoms with Gasteiger partial charge < -0.3 is 19.5 Å². The van der Waals surface area contributed by atoms with E-state index in [2.05, 4.69) is 39.0 Å². The van der Waals surface area contributed by atoms with Crippen molar-refractivity contribution in [3.8, 4) is 35.7 Å². The van der Waals surface area contributed by atoms with Crippen LogP contribution >= 0.6 is 15.9 Å². The van der Waals surface area contributed by atoms with Crippen molar-refractivity contribution in [1.82, 2.24) is 5.32 Å². The Labute approximate surface area is 192 Å². The number of methoxy groups -OCH3 is 1. The van der Waals surface area contributed by atoms with Gasteiger partial charge in [0, 0.05) is 17.4 Å². The minimum absolute atomic E-state index is 0.0510. The number of amides is 1. The van der Waals surface area contributed by atoms with Gasteiger partial charge in [-0.05, 0) is 41.8 Å². The van der Waals surface area contributed by atoms with E-state index in [4.69, 9.17) is 20.6 Å². The van der Waals surface area contributed by atoms with Gasteiger partial charge in [0.1, 0.15) is 13.2 Å². The Kier molecular flexibility index (Phi) is 10.5. The van der Waals surface area contributed by atoms with Crippen molar-refractivity contribution in [3.05, 3.63) is 58.1 Å². The smallest absolute Gasteiger partial charge is 0.253 e. The van der Waals surface area contributed by atoms with Crippen LogP contribution < -0.4 is 14.8 Å². The fourth-order valence-corrected chi connectivity index (χ4v) is 3.06. The molecule has 5 nitrogen and oxygen atoms in total. The molecule has 0 bridgehead atoms. The van der Waals surface area contributed by atoms with Crippen LogP contribution in [0.4, 0.5) is 0 Å². The van der Waals surface area contributed by atoms with E-state index in [1.54, 1.807) is 7.11 Å². The lowest BCUT2D eigenvalue weighted by Gasteiger charge is -2.17. The van der Waals surface area contributed by atoms with E-state index in [0.717, 1.165) is 22.0 Å². The average Bonchev–Trinajstić information content (AvgIpc) is 2.78.